The summed E-state index contributed by atoms with van der Waals surface area (Å²) in [5.74, 6) is 0.967. The summed E-state index contributed by atoms with van der Waals surface area (Å²) >= 11 is 0. The Morgan fingerprint density at radius 3 is 3.05 bits per heavy atom. The zero-order valence-electron chi connectivity index (χ0n) is 11.8. The predicted octanol–water partition coefficient (Wildman–Crippen LogP) is 1.67. The van der Waals surface area contributed by atoms with Crippen LogP contribution in [0.5, 0.6) is 0 Å². The zero-order chi connectivity index (χ0) is 14.8. The van der Waals surface area contributed by atoms with Crippen LogP contribution in [0.25, 0.3) is 0 Å². The highest BCUT2D eigenvalue weighted by Crippen LogP contribution is 2.26. The average Bonchev–Trinajstić information content (AvgIpc) is 2.86. The van der Waals surface area contributed by atoms with Crippen LogP contribution in [0.3, 0.4) is 0 Å². The van der Waals surface area contributed by atoms with Crippen LogP contribution >= 0.6 is 0 Å². The first-order valence-electron chi connectivity index (χ1n) is 6.96. The number of nitrogens with one attached hydrogen (secondary N) is 1. The molecule has 1 atom stereocenters. The summed E-state index contributed by atoms with van der Waals surface area (Å²) in [6, 6.07) is 0. The number of carbonyl (C=O) groups is 1. The summed E-state index contributed by atoms with van der Waals surface area (Å²) in [4.78, 5) is 23.2. The molecule has 0 bridgehead atoms. The Bertz CT molecular complexity index is 650. The summed E-state index contributed by atoms with van der Waals surface area (Å²) in [7, 11) is 0. The first-order valence-corrected chi connectivity index (χ1v) is 6.96. The number of hydrogen-bond donors (Lipinski definition) is 2. The monoisotopic (exact) mass is 287 g/mol. The van der Waals surface area contributed by atoms with E-state index < -0.39 is 5.97 Å². The lowest BCUT2D eigenvalue weighted by Crippen LogP contribution is -2.22. The predicted molar refractivity (Wildman–Crippen MR) is 76.4 cm³/mol. The van der Waals surface area contributed by atoms with Crippen molar-refractivity contribution in [2.24, 2.45) is 0 Å². The standard InChI is InChI=1S/C14H17N5O2/c1-9-8-19-4-2-3-10(13(19)18-9)5-16-12-7-15-11(6-17-12)14(20)21/h6-8,10H,2-5H2,1H3,(H,16,17)(H,20,21). The molecule has 2 aromatic heterocycles. The molecule has 0 amide bonds. The lowest BCUT2D eigenvalue weighted by molar-refractivity contribution is 0.0690. The Labute approximate surface area is 122 Å². The summed E-state index contributed by atoms with van der Waals surface area (Å²) in [5.41, 5.74) is 0.992. The van der Waals surface area contributed by atoms with Crippen molar-refractivity contribution in [3.8, 4) is 0 Å². The molecule has 0 spiro atoms. The van der Waals surface area contributed by atoms with Gasteiger partial charge >= 0.3 is 5.97 Å². The fourth-order valence-corrected chi connectivity index (χ4v) is 2.66. The highest BCUT2D eigenvalue weighted by molar-refractivity contribution is 5.84. The minimum Gasteiger partial charge on any atom is -0.476 e. The van der Waals surface area contributed by atoms with E-state index in [0.717, 1.165) is 37.4 Å². The van der Waals surface area contributed by atoms with Gasteiger partial charge in [-0.1, -0.05) is 0 Å². The van der Waals surface area contributed by atoms with Crippen molar-refractivity contribution < 1.29 is 9.90 Å². The van der Waals surface area contributed by atoms with Gasteiger partial charge < -0.3 is 15.0 Å². The number of aromatic carboxylic acids is 1. The molecule has 21 heavy (non-hydrogen) atoms. The fraction of sp³-hybridized carbons (Fsp3) is 0.429. The van der Waals surface area contributed by atoms with Gasteiger partial charge in [0.25, 0.3) is 0 Å². The number of rotatable bonds is 4. The summed E-state index contributed by atoms with van der Waals surface area (Å²) in [6.45, 7) is 3.75. The van der Waals surface area contributed by atoms with Gasteiger partial charge in [-0.15, -0.1) is 0 Å². The third-order valence-electron chi connectivity index (χ3n) is 3.65. The molecule has 1 unspecified atom stereocenters. The highest BCUT2D eigenvalue weighted by atomic mass is 16.4. The average molecular weight is 287 g/mol. The van der Waals surface area contributed by atoms with E-state index >= 15 is 0 Å². The molecule has 0 saturated heterocycles. The van der Waals surface area contributed by atoms with Crippen molar-refractivity contribution in [2.45, 2.75) is 32.2 Å². The van der Waals surface area contributed by atoms with E-state index in [1.165, 1.54) is 12.4 Å². The number of anilines is 1. The molecule has 7 nitrogen and oxygen atoms in total. The molecule has 0 saturated carbocycles. The Hall–Kier alpha value is -2.44. The molecule has 3 rings (SSSR count). The summed E-state index contributed by atoms with van der Waals surface area (Å²) in [5, 5.41) is 12.0. The third-order valence-corrected chi connectivity index (χ3v) is 3.65. The molecule has 0 aromatic carbocycles. The van der Waals surface area contributed by atoms with Crippen LogP contribution in [0.4, 0.5) is 5.82 Å². The number of hydrogen-bond acceptors (Lipinski definition) is 5. The van der Waals surface area contributed by atoms with Gasteiger partial charge in [0.05, 0.1) is 18.1 Å². The number of carboxylic acid groups (broad SMARTS) is 1. The van der Waals surface area contributed by atoms with Crippen LogP contribution < -0.4 is 5.32 Å². The third kappa shape index (κ3) is 2.86. The first-order chi connectivity index (χ1) is 10.1. The number of carboxylic acids is 1. The van der Waals surface area contributed by atoms with Gasteiger partial charge in [0.1, 0.15) is 11.6 Å². The quantitative estimate of drug-likeness (QED) is 0.888. The molecule has 110 valence electrons. The Balaban J connectivity index is 1.67. The number of aryl methyl sites for hydroxylation is 2. The second-order valence-corrected chi connectivity index (χ2v) is 5.25. The van der Waals surface area contributed by atoms with Crippen molar-refractivity contribution in [3.63, 3.8) is 0 Å². The number of fused-ring (bicyclic) bond motifs is 1. The fourth-order valence-electron chi connectivity index (χ4n) is 2.66. The van der Waals surface area contributed by atoms with E-state index in [1.54, 1.807) is 0 Å². The number of nitrogens with zero attached hydrogens (tertiary/aromatic N) is 4. The van der Waals surface area contributed by atoms with Gasteiger partial charge in [-0.2, -0.15) is 0 Å². The lowest BCUT2D eigenvalue weighted by Gasteiger charge is -2.23. The smallest absolute Gasteiger partial charge is 0.356 e. The van der Waals surface area contributed by atoms with Gasteiger partial charge in [-0.3, -0.25) is 0 Å². The van der Waals surface area contributed by atoms with Gasteiger partial charge in [-0.25, -0.2) is 19.7 Å². The minimum absolute atomic E-state index is 0.0515. The van der Waals surface area contributed by atoms with E-state index in [1.807, 2.05) is 6.92 Å². The van der Waals surface area contributed by atoms with Crippen molar-refractivity contribution in [2.75, 3.05) is 11.9 Å². The molecular weight excluding hydrogens is 270 g/mol. The number of imidazole rings is 1. The molecule has 2 N–H and O–H groups in total. The maximum absolute atomic E-state index is 10.7. The molecular formula is C14H17N5O2. The molecule has 7 heteroatoms. The van der Waals surface area contributed by atoms with Crippen LogP contribution in [-0.2, 0) is 6.54 Å². The maximum Gasteiger partial charge on any atom is 0.356 e. The first kappa shape index (κ1) is 13.5. The van der Waals surface area contributed by atoms with Crippen molar-refractivity contribution >= 4 is 11.8 Å². The second-order valence-electron chi connectivity index (χ2n) is 5.25. The Morgan fingerprint density at radius 2 is 2.33 bits per heavy atom. The van der Waals surface area contributed by atoms with E-state index in [9.17, 15) is 4.79 Å². The molecule has 1 aliphatic heterocycles. The highest BCUT2D eigenvalue weighted by Gasteiger charge is 2.22. The molecule has 0 fully saturated rings. The Kier molecular flexibility index (Phi) is 3.55. The lowest BCUT2D eigenvalue weighted by atomic mass is 9.99. The van der Waals surface area contributed by atoms with Crippen molar-refractivity contribution in [1.29, 1.82) is 0 Å². The van der Waals surface area contributed by atoms with Crippen LogP contribution in [-0.4, -0.2) is 37.1 Å². The van der Waals surface area contributed by atoms with E-state index in [-0.39, 0.29) is 5.69 Å². The van der Waals surface area contributed by atoms with Crippen LogP contribution in [0.2, 0.25) is 0 Å². The van der Waals surface area contributed by atoms with Gasteiger partial charge in [0.15, 0.2) is 5.69 Å². The Morgan fingerprint density at radius 1 is 1.48 bits per heavy atom. The van der Waals surface area contributed by atoms with Gasteiger partial charge in [0.2, 0.25) is 0 Å². The van der Waals surface area contributed by atoms with Crippen molar-refractivity contribution in [3.05, 3.63) is 35.8 Å². The van der Waals surface area contributed by atoms with Gasteiger partial charge in [-0.05, 0) is 19.8 Å². The largest absolute Gasteiger partial charge is 0.476 e. The van der Waals surface area contributed by atoms with Crippen LogP contribution in [0.15, 0.2) is 18.6 Å². The van der Waals surface area contributed by atoms with Crippen LogP contribution in [0.1, 0.15) is 40.8 Å². The summed E-state index contributed by atoms with van der Waals surface area (Å²) in [6.07, 6.45) is 7.02. The molecule has 0 aliphatic carbocycles. The SMILES string of the molecule is Cc1cn2c(n1)C(CNc1cnc(C(=O)O)cn1)CCC2. The van der Waals surface area contributed by atoms with E-state index in [4.69, 9.17) is 5.11 Å². The molecule has 1 aliphatic rings. The van der Waals surface area contributed by atoms with E-state index in [0.29, 0.717) is 11.7 Å². The van der Waals surface area contributed by atoms with Crippen LogP contribution in [0, 0.1) is 6.92 Å². The molecule has 3 heterocycles. The van der Waals surface area contributed by atoms with Crippen molar-refractivity contribution in [1.82, 2.24) is 19.5 Å². The maximum atomic E-state index is 10.7. The second kappa shape index (κ2) is 5.51. The minimum atomic E-state index is -1.07. The molecule has 0 radical (unpaired) electrons. The van der Waals surface area contributed by atoms with Gasteiger partial charge in [0, 0.05) is 25.2 Å². The normalized spacial score (nSPS) is 17.3. The summed E-state index contributed by atoms with van der Waals surface area (Å²) < 4.78 is 2.21. The number of aromatic nitrogens is 4. The zero-order valence-corrected chi connectivity index (χ0v) is 11.8. The molecule has 2 aromatic rings. The van der Waals surface area contributed by atoms with E-state index in [2.05, 4.69) is 31.0 Å². The topological polar surface area (TPSA) is 92.9 Å².